The number of hydrogen-bond donors (Lipinski definition) is 1. The molecule has 4 rings (SSSR count). The third-order valence-electron chi connectivity index (χ3n) is 6.26. The summed E-state index contributed by atoms with van der Waals surface area (Å²) in [5.41, 5.74) is 0.647. The minimum atomic E-state index is -0.373. The number of morpholine rings is 1. The molecule has 3 aliphatic rings. The summed E-state index contributed by atoms with van der Waals surface area (Å²) in [6, 6.07) is 6.97. The van der Waals surface area contributed by atoms with Gasteiger partial charge in [-0.3, -0.25) is 14.5 Å². The number of benzene rings is 1. The number of amides is 2. The van der Waals surface area contributed by atoms with Crippen molar-refractivity contribution in [1.82, 2.24) is 15.1 Å². The average molecular weight is 482 g/mol. The fourth-order valence-electron chi connectivity index (χ4n) is 4.54. The first-order valence-electron chi connectivity index (χ1n) is 10.3. The molecule has 3 fully saturated rings. The fraction of sp³-hybridized carbons (Fsp3) is 0.619. The van der Waals surface area contributed by atoms with Crippen molar-refractivity contribution in [3.63, 3.8) is 0 Å². The van der Waals surface area contributed by atoms with E-state index in [0.29, 0.717) is 18.7 Å². The summed E-state index contributed by atoms with van der Waals surface area (Å²) in [5.74, 6) is 2.09. The van der Waals surface area contributed by atoms with Crippen molar-refractivity contribution in [2.75, 3.05) is 50.9 Å². The molecule has 0 aliphatic carbocycles. The molecule has 0 spiro atoms. The quantitative estimate of drug-likeness (QED) is 0.699. The van der Waals surface area contributed by atoms with Crippen LogP contribution in [-0.2, 0) is 9.53 Å². The summed E-state index contributed by atoms with van der Waals surface area (Å²) in [6.45, 7) is 4.66. The summed E-state index contributed by atoms with van der Waals surface area (Å²) < 4.78 is 6.46. The van der Waals surface area contributed by atoms with Crippen molar-refractivity contribution in [1.29, 1.82) is 0 Å². The monoisotopic (exact) mass is 481 g/mol. The van der Waals surface area contributed by atoms with Crippen molar-refractivity contribution in [2.45, 2.75) is 30.8 Å². The molecule has 3 saturated heterocycles. The van der Waals surface area contributed by atoms with Gasteiger partial charge >= 0.3 is 0 Å². The van der Waals surface area contributed by atoms with Gasteiger partial charge in [-0.15, -0.1) is 0 Å². The zero-order chi connectivity index (χ0) is 20.3. The van der Waals surface area contributed by atoms with Crippen LogP contribution in [0.1, 0.15) is 29.6 Å². The minimum absolute atomic E-state index is 0.0162. The number of carbonyl (C=O) groups is 2. The first-order valence-corrected chi connectivity index (χ1v) is 12.3. The number of nitrogens with one attached hydrogen (secondary N) is 1. The zero-order valence-electron chi connectivity index (χ0n) is 16.6. The molecule has 1 N–H and O–H groups in total. The molecule has 158 valence electrons. The lowest BCUT2D eigenvalue weighted by molar-refractivity contribution is -0.125. The van der Waals surface area contributed by atoms with E-state index in [1.807, 2.05) is 36.0 Å². The van der Waals surface area contributed by atoms with Gasteiger partial charge in [0, 0.05) is 47.5 Å². The number of ether oxygens (including phenoxy) is 1. The summed E-state index contributed by atoms with van der Waals surface area (Å²) in [4.78, 5) is 30.2. The predicted octanol–water partition coefficient (Wildman–Crippen LogP) is 2.38. The number of thioether (sulfide) groups is 1. The molecule has 2 atom stereocenters. The van der Waals surface area contributed by atoms with Crippen molar-refractivity contribution < 1.29 is 14.3 Å². The van der Waals surface area contributed by atoms with E-state index in [4.69, 9.17) is 4.74 Å². The van der Waals surface area contributed by atoms with Crippen LogP contribution in [0.5, 0.6) is 0 Å². The maximum Gasteiger partial charge on any atom is 0.254 e. The molecule has 0 radical (unpaired) electrons. The van der Waals surface area contributed by atoms with Crippen molar-refractivity contribution in [2.24, 2.45) is 0 Å². The van der Waals surface area contributed by atoms with Gasteiger partial charge in [0.15, 0.2) is 0 Å². The molecule has 1 aromatic carbocycles. The van der Waals surface area contributed by atoms with Gasteiger partial charge in [0.25, 0.3) is 5.91 Å². The Balaban J connectivity index is 1.40. The third-order valence-corrected chi connectivity index (χ3v) is 8.03. The minimum Gasteiger partial charge on any atom is -0.379 e. The number of rotatable bonds is 5. The molecule has 0 bridgehead atoms. The van der Waals surface area contributed by atoms with E-state index < -0.39 is 0 Å². The van der Waals surface area contributed by atoms with Crippen LogP contribution < -0.4 is 5.32 Å². The van der Waals surface area contributed by atoms with Crippen molar-refractivity contribution >= 4 is 39.5 Å². The van der Waals surface area contributed by atoms with Crippen molar-refractivity contribution in [3.8, 4) is 0 Å². The van der Waals surface area contributed by atoms with Crippen molar-refractivity contribution in [3.05, 3.63) is 34.3 Å². The van der Waals surface area contributed by atoms with Crippen LogP contribution in [-0.4, -0.2) is 84.1 Å². The van der Waals surface area contributed by atoms with Crippen LogP contribution >= 0.6 is 27.7 Å². The summed E-state index contributed by atoms with van der Waals surface area (Å²) in [7, 11) is 0. The second kappa shape index (κ2) is 9.37. The summed E-state index contributed by atoms with van der Waals surface area (Å²) in [5, 5.41) is 3.21. The normalized spacial score (nSPS) is 27.9. The Kier molecular flexibility index (Phi) is 6.83. The average Bonchev–Trinajstić information content (AvgIpc) is 3.43. The Morgan fingerprint density at radius 3 is 2.66 bits per heavy atom. The van der Waals surface area contributed by atoms with Gasteiger partial charge in [0.2, 0.25) is 5.91 Å². The Morgan fingerprint density at radius 1 is 1.21 bits per heavy atom. The van der Waals surface area contributed by atoms with Gasteiger partial charge in [0.1, 0.15) is 6.04 Å². The number of hydrogen-bond acceptors (Lipinski definition) is 5. The molecule has 0 saturated carbocycles. The second-order valence-corrected chi connectivity index (χ2v) is 10.0. The SMILES string of the molecule is O=C(NCC1(N2CCOCC2)CCSC1)C1CCCN1C(=O)c1ccc(Br)cc1. The Labute approximate surface area is 184 Å². The van der Waals surface area contributed by atoms with E-state index in [0.717, 1.165) is 61.5 Å². The lowest BCUT2D eigenvalue weighted by Gasteiger charge is -2.43. The molecule has 2 unspecified atom stereocenters. The van der Waals surface area contributed by atoms with Crippen LogP contribution in [0.15, 0.2) is 28.7 Å². The van der Waals surface area contributed by atoms with Crippen LogP contribution in [0.2, 0.25) is 0 Å². The van der Waals surface area contributed by atoms with Gasteiger partial charge in [-0.2, -0.15) is 11.8 Å². The first-order chi connectivity index (χ1) is 14.1. The predicted molar refractivity (Wildman–Crippen MR) is 118 cm³/mol. The number of carbonyl (C=O) groups excluding carboxylic acids is 2. The highest BCUT2D eigenvalue weighted by molar-refractivity contribution is 9.10. The smallest absolute Gasteiger partial charge is 0.254 e. The molecular weight excluding hydrogens is 454 g/mol. The van der Waals surface area contributed by atoms with Gasteiger partial charge in [0.05, 0.1) is 13.2 Å². The molecule has 2 amide bonds. The Bertz CT molecular complexity index is 733. The molecular formula is C21H28BrN3O3S. The molecule has 3 heterocycles. The Morgan fingerprint density at radius 2 is 1.97 bits per heavy atom. The largest absolute Gasteiger partial charge is 0.379 e. The lowest BCUT2D eigenvalue weighted by Crippen LogP contribution is -2.60. The van der Waals surface area contributed by atoms with Crippen LogP contribution in [0.4, 0.5) is 0 Å². The van der Waals surface area contributed by atoms with E-state index in [9.17, 15) is 9.59 Å². The van der Waals surface area contributed by atoms with Gasteiger partial charge < -0.3 is 15.0 Å². The van der Waals surface area contributed by atoms with E-state index >= 15 is 0 Å². The lowest BCUT2D eigenvalue weighted by atomic mass is 9.95. The number of nitrogens with zero attached hydrogens (tertiary/aromatic N) is 2. The number of halogens is 1. The summed E-state index contributed by atoms with van der Waals surface area (Å²) >= 11 is 5.36. The molecule has 8 heteroatoms. The topological polar surface area (TPSA) is 61.9 Å². The van der Waals surface area contributed by atoms with Crippen LogP contribution in [0.25, 0.3) is 0 Å². The maximum absolute atomic E-state index is 13.1. The molecule has 0 aromatic heterocycles. The summed E-state index contributed by atoms with van der Waals surface area (Å²) in [6.07, 6.45) is 2.68. The molecule has 1 aromatic rings. The fourth-order valence-corrected chi connectivity index (χ4v) is 6.29. The highest BCUT2D eigenvalue weighted by atomic mass is 79.9. The van der Waals surface area contributed by atoms with Gasteiger partial charge in [-0.25, -0.2) is 0 Å². The maximum atomic E-state index is 13.1. The van der Waals surface area contributed by atoms with E-state index in [1.165, 1.54) is 0 Å². The zero-order valence-corrected chi connectivity index (χ0v) is 19.0. The molecule has 6 nitrogen and oxygen atoms in total. The third kappa shape index (κ3) is 4.65. The highest BCUT2D eigenvalue weighted by Gasteiger charge is 2.42. The standard InChI is InChI=1S/C21H28BrN3O3S/c22-17-5-3-16(4-6-17)20(27)25-8-1-2-18(25)19(26)23-14-21(7-13-29-15-21)24-9-11-28-12-10-24/h3-6,18H,1-2,7-15H2,(H,23,26). The second-order valence-electron chi connectivity index (χ2n) is 8.01. The Hall–Kier alpha value is -1.09. The van der Waals surface area contributed by atoms with E-state index in [2.05, 4.69) is 26.1 Å². The highest BCUT2D eigenvalue weighted by Crippen LogP contribution is 2.34. The van der Waals surface area contributed by atoms with E-state index in [-0.39, 0.29) is 23.4 Å². The van der Waals surface area contributed by atoms with Gasteiger partial charge in [-0.1, -0.05) is 15.9 Å². The van der Waals surface area contributed by atoms with Crippen LogP contribution in [0.3, 0.4) is 0 Å². The first kappa shape index (κ1) is 21.2. The van der Waals surface area contributed by atoms with Crippen LogP contribution in [0, 0.1) is 0 Å². The number of likely N-dealkylation sites (tertiary alicyclic amines) is 1. The molecule has 3 aliphatic heterocycles. The van der Waals surface area contributed by atoms with Gasteiger partial charge in [-0.05, 0) is 49.3 Å². The molecule has 29 heavy (non-hydrogen) atoms. The van der Waals surface area contributed by atoms with E-state index in [1.54, 1.807) is 4.90 Å².